The van der Waals surface area contributed by atoms with Gasteiger partial charge in [-0.15, -0.1) is 0 Å². The van der Waals surface area contributed by atoms with Gasteiger partial charge in [-0.1, -0.05) is 44.7 Å². The second kappa shape index (κ2) is 13.4. The van der Waals surface area contributed by atoms with Crippen LogP contribution in [0.5, 0.6) is 5.75 Å². The number of unbranched alkanes of at least 4 members (excludes halogenated alkanes) is 4. The Hall–Kier alpha value is -1.75. The van der Waals surface area contributed by atoms with Crippen molar-refractivity contribution in [3.05, 3.63) is 24.3 Å². The number of hydrogen-bond donors (Lipinski definition) is 1. The zero-order valence-corrected chi connectivity index (χ0v) is 17.8. The maximum absolute atomic E-state index is 12.1. The van der Waals surface area contributed by atoms with Crippen LogP contribution in [0.2, 0.25) is 0 Å². The molecule has 1 aromatic rings. The fourth-order valence-electron chi connectivity index (χ4n) is 3.09. The van der Waals surface area contributed by atoms with Crippen molar-refractivity contribution in [2.45, 2.75) is 78.8 Å². The van der Waals surface area contributed by atoms with E-state index >= 15 is 0 Å². The molecular weight excluding hydrogens is 340 g/mol. The molecule has 0 aliphatic heterocycles. The summed E-state index contributed by atoms with van der Waals surface area (Å²) in [6.07, 6.45) is 5.51. The molecule has 5 heteroatoms. The molecule has 0 aliphatic rings. The molecule has 0 fully saturated rings. The Balaban J connectivity index is 2.41. The summed E-state index contributed by atoms with van der Waals surface area (Å²) < 4.78 is 11.2. The summed E-state index contributed by atoms with van der Waals surface area (Å²) >= 11 is 0. The molecule has 0 spiro atoms. The van der Waals surface area contributed by atoms with Crippen molar-refractivity contribution in [1.82, 2.24) is 4.90 Å². The summed E-state index contributed by atoms with van der Waals surface area (Å²) in [7, 11) is 0. The third-order valence-corrected chi connectivity index (χ3v) is 4.54. The highest BCUT2D eigenvalue weighted by atomic mass is 16.5. The number of carbonyl (C=O) groups is 1. The molecule has 1 rings (SSSR count). The first-order valence-corrected chi connectivity index (χ1v) is 10.4. The number of benzene rings is 1. The normalized spacial score (nSPS) is 11.3. The van der Waals surface area contributed by atoms with Gasteiger partial charge in [0.1, 0.15) is 12.4 Å². The fraction of sp³-hybridized carbons (Fsp3) is 0.682. The Kier molecular flexibility index (Phi) is 11.6. The molecule has 0 aromatic heterocycles. The van der Waals surface area contributed by atoms with Crippen LogP contribution in [-0.4, -0.2) is 42.8 Å². The minimum atomic E-state index is -0.443. The molecule has 5 nitrogen and oxygen atoms in total. The highest BCUT2D eigenvalue weighted by Crippen LogP contribution is 2.24. The van der Waals surface area contributed by atoms with Crippen molar-refractivity contribution in [3.8, 4) is 5.75 Å². The topological polar surface area (TPSA) is 50.8 Å². The van der Waals surface area contributed by atoms with Crippen molar-refractivity contribution < 1.29 is 14.3 Å². The lowest BCUT2D eigenvalue weighted by molar-refractivity contribution is 0.111. The smallest absolute Gasteiger partial charge is 0.411 e. The van der Waals surface area contributed by atoms with Crippen LogP contribution in [0.3, 0.4) is 0 Å². The first kappa shape index (κ1) is 23.3. The predicted molar refractivity (Wildman–Crippen MR) is 113 cm³/mol. The average Bonchev–Trinajstić information content (AvgIpc) is 2.62. The molecule has 1 amide bonds. The number of carbonyl (C=O) groups excluding carboxylic acids is 1. The monoisotopic (exact) mass is 378 g/mol. The van der Waals surface area contributed by atoms with Crippen LogP contribution in [0.4, 0.5) is 10.5 Å². The lowest BCUT2D eigenvalue weighted by Crippen LogP contribution is -2.39. The van der Waals surface area contributed by atoms with Gasteiger partial charge in [-0.05, 0) is 46.2 Å². The Labute approximate surface area is 165 Å². The molecule has 1 aromatic carbocycles. The van der Waals surface area contributed by atoms with E-state index in [-0.39, 0.29) is 0 Å². The highest BCUT2D eigenvalue weighted by molar-refractivity contribution is 5.86. The van der Waals surface area contributed by atoms with E-state index in [1.165, 1.54) is 25.7 Å². The number of rotatable bonds is 13. The van der Waals surface area contributed by atoms with Crippen molar-refractivity contribution in [1.29, 1.82) is 0 Å². The maximum atomic E-state index is 12.1. The Bertz CT molecular complexity index is 524. The summed E-state index contributed by atoms with van der Waals surface area (Å²) in [5.41, 5.74) is 0.653. The first-order valence-electron chi connectivity index (χ1n) is 10.4. The molecule has 27 heavy (non-hydrogen) atoms. The Morgan fingerprint density at radius 3 is 2.33 bits per heavy atom. The molecule has 0 unspecified atom stereocenters. The second-order valence-corrected chi connectivity index (χ2v) is 7.45. The number of anilines is 1. The third-order valence-electron chi connectivity index (χ3n) is 4.54. The van der Waals surface area contributed by atoms with Gasteiger partial charge >= 0.3 is 6.09 Å². The van der Waals surface area contributed by atoms with Crippen molar-refractivity contribution >= 4 is 11.8 Å². The molecular formula is C22H38N2O3. The Morgan fingerprint density at radius 2 is 1.67 bits per heavy atom. The van der Waals surface area contributed by atoms with E-state index in [9.17, 15) is 4.79 Å². The molecule has 0 radical (unpaired) electrons. The van der Waals surface area contributed by atoms with Crippen LogP contribution >= 0.6 is 0 Å². The van der Waals surface area contributed by atoms with E-state index in [2.05, 4.69) is 44.8 Å². The first-order chi connectivity index (χ1) is 13.0. The van der Waals surface area contributed by atoms with Gasteiger partial charge in [0.2, 0.25) is 0 Å². The van der Waals surface area contributed by atoms with Gasteiger partial charge in [0, 0.05) is 18.6 Å². The highest BCUT2D eigenvalue weighted by Gasteiger charge is 2.14. The molecule has 0 bridgehead atoms. The maximum Gasteiger partial charge on any atom is 0.411 e. The second-order valence-electron chi connectivity index (χ2n) is 7.45. The van der Waals surface area contributed by atoms with Crippen LogP contribution in [0, 0.1) is 0 Å². The molecule has 0 saturated carbocycles. The van der Waals surface area contributed by atoms with Crippen LogP contribution in [-0.2, 0) is 4.74 Å². The molecule has 1 N–H and O–H groups in total. The van der Waals surface area contributed by atoms with Gasteiger partial charge in [0.25, 0.3) is 0 Å². The van der Waals surface area contributed by atoms with Crippen LogP contribution in [0.1, 0.15) is 66.7 Å². The van der Waals surface area contributed by atoms with Gasteiger partial charge in [-0.25, -0.2) is 4.79 Å². The minimum absolute atomic E-state index is 0.364. The zero-order chi connectivity index (χ0) is 20.1. The summed E-state index contributed by atoms with van der Waals surface area (Å²) in [6, 6.07) is 8.34. The van der Waals surface area contributed by atoms with Crippen LogP contribution in [0.25, 0.3) is 0 Å². The summed E-state index contributed by atoms with van der Waals surface area (Å²) in [5, 5.41) is 2.80. The van der Waals surface area contributed by atoms with E-state index in [1.54, 1.807) is 0 Å². The average molecular weight is 379 g/mol. The lowest BCUT2D eigenvalue weighted by atomic mass is 10.2. The van der Waals surface area contributed by atoms with Gasteiger partial charge in [-0.2, -0.15) is 0 Å². The fourth-order valence-corrected chi connectivity index (χ4v) is 3.09. The van der Waals surface area contributed by atoms with E-state index in [1.807, 2.05) is 24.3 Å². The molecule has 0 atom stereocenters. The SMILES string of the molecule is CCCCCCCOc1ccccc1NC(=O)OCCN(C(C)C)C(C)C. The van der Waals surface area contributed by atoms with Gasteiger partial charge in [-0.3, -0.25) is 10.2 Å². The van der Waals surface area contributed by atoms with E-state index in [0.29, 0.717) is 36.7 Å². The van der Waals surface area contributed by atoms with Gasteiger partial charge in [0.05, 0.1) is 12.3 Å². The minimum Gasteiger partial charge on any atom is -0.491 e. The van der Waals surface area contributed by atoms with Gasteiger partial charge in [0.15, 0.2) is 0 Å². The van der Waals surface area contributed by atoms with Crippen LogP contribution < -0.4 is 10.1 Å². The predicted octanol–water partition coefficient (Wildman–Crippen LogP) is 5.70. The molecule has 154 valence electrons. The number of ether oxygens (including phenoxy) is 2. The summed E-state index contributed by atoms with van der Waals surface area (Å²) in [6.45, 7) is 12.6. The standard InChI is InChI=1S/C22H38N2O3/c1-6-7-8-9-12-16-26-21-14-11-10-13-20(21)23-22(25)27-17-15-24(18(2)3)19(4)5/h10-11,13-14,18-19H,6-9,12,15-17H2,1-5H3,(H,23,25). The number of para-hydroxylation sites is 2. The van der Waals surface area contributed by atoms with Gasteiger partial charge < -0.3 is 9.47 Å². The Morgan fingerprint density at radius 1 is 1.00 bits per heavy atom. The number of hydrogen-bond acceptors (Lipinski definition) is 4. The van der Waals surface area contributed by atoms with Crippen LogP contribution in [0.15, 0.2) is 24.3 Å². The van der Waals surface area contributed by atoms with Crippen molar-refractivity contribution in [2.75, 3.05) is 25.1 Å². The third kappa shape index (κ3) is 9.66. The number of amides is 1. The summed E-state index contributed by atoms with van der Waals surface area (Å²) in [5.74, 6) is 0.691. The van der Waals surface area contributed by atoms with Crippen molar-refractivity contribution in [2.24, 2.45) is 0 Å². The van der Waals surface area contributed by atoms with E-state index in [0.717, 1.165) is 13.0 Å². The molecule has 0 aliphatic carbocycles. The van der Waals surface area contributed by atoms with E-state index in [4.69, 9.17) is 9.47 Å². The molecule has 0 heterocycles. The van der Waals surface area contributed by atoms with Crippen molar-refractivity contribution in [3.63, 3.8) is 0 Å². The number of nitrogens with zero attached hydrogens (tertiary/aromatic N) is 1. The molecule has 0 saturated heterocycles. The lowest BCUT2D eigenvalue weighted by Gasteiger charge is -2.30. The quantitative estimate of drug-likeness (QED) is 0.447. The van der Waals surface area contributed by atoms with E-state index < -0.39 is 6.09 Å². The number of nitrogens with one attached hydrogen (secondary N) is 1. The zero-order valence-electron chi connectivity index (χ0n) is 17.8. The largest absolute Gasteiger partial charge is 0.491 e. The summed E-state index contributed by atoms with van der Waals surface area (Å²) in [4.78, 5) is 14.4.